The smallest absolute Gasteiger partial charge is 0.127 e. The SMILES string of the molecule is CCNC(Cc1ccc(Cl)cc1F)c1ccc(F)c(C)c1. The molecule has 2 aromatic carbocycles. The summed E-state index contributed by atoms with van der Waals surface area (Å²) >= 11 is 5.77. The van der Waals surface area contributed by atoms with Gasteiger partial charge in [-0.2, -0.15) is 0 Å². The normalized spacial score (nSPS) is 12.4. The average molecular weight is 310 g/mol. The zero-order valence-electron chi connectivity index (χ0n) is 12.1. The van der Waals surface area contributed by atoms with Gasteiger partial charge in [-0.3, -0.25) is 0 Å². The number of aryl methyl sites for hydroxylation is 1. The molecule has 4 heteroatoms. The molecule has 112 valence electrons. The van der Waals surface area contributed by atoms with Gasteiger partial charge in [0.1, 0.15) is 11.6 Å². The first kappa shape index (κ1) is 15.9. The fraction of sp³-hybridized carbons (Fsp3) is 0.294. The molecule has 0 spiro atoms. The molecule has 0 saturated heterocycles. The van der Waals surface area contributed by atoms with Crippen LogP contribution in [-0.4, -0.2) is 6.54 Å². The molecule has 0 amide bonds. The number of benzene rings is 2. The molecule has 1 unspecified atom stereocenters. The van der Waals surface area contributed by atoms with Crippen molar-refractivity contribution in [2.45, 2.75) is 26.3 Å². The Kier molecular flexibility index (Phi) is 5.32. The zero-order valence-corrected chi connectivity index (χ0v) is 12.8. The molecule has 2 rings (SSSR count). The Balaban J connectivity index is 2.28. The Morgan fingerprint density at radius 3 is 2.48 bits per heavy atom. The van der Waals surface area contributed by atoms with Crippen molar-refractivity contribution in [3.63, 3.8) is 0 Å². The first-order valence-electron chi connectivity index (χ1n) is 6.94. The van der Waals surface area contributed by atoms with Crippen LogP contribution in [0, 0.1) is 18.6 Å². The van der Waals surface area contributed by atoms with Gasteiger partial charge in [-0.15, -0.1) is 0 Å². The van der Waals surface area contributed by atoms with E-state index in [-0.39, 0.29) is 17.7 Å². The summed E-state index contributed by atoms with van der Waals surface area (Å²) in [6.45, 7) is 4.46. The fourth-order valence-electron chi connectivity index (χ4n) is 2.35. The van der Waals surface area contributed by atoms with Crippen molar-refractivity contribution < 1.29 is 8.78 Å². The Bertz CT molecular complexity index is 628. The molecular formula is C17H18ClF2N. The topological polar surface area (TPSA) is 12.0 Å². The number of nitrogens with one attached hydrogen (secondary N) is 1. The number of likely N-dealkylation sites (N-methyl/N-ethyl adjacent to an activating group) is 1. The van der Waals surface area contributed by atoms with E-state index in [1.165, 1.54) is 12.1 Å². The highest BCUT2D eigenvalue weighted by Gasteiger charge is 2.15. The second-order valence-corrected chi connectivity index (χ2v) is 5.50. The van der Waals surface area contributed by atoms with Crippen LogP contribution in [0.2, 0.25) is 5.02 Å². The van der Waals surface area contributed by atoms with Crippen molar-refractivity contribution in [1.29, 1.82) is 0 Å². The second kappa shape index (κ2) is 7.01. The average Bonchev–Trinajstić information content (AvgIpc) is 2.44. The molecular weight excluding hydrogens is 292 g/mol. The first-order chi connectivity index (χ1) is 10.0. The molecule has 0 aliphatic carbocycles. The molecule has 1 atom stereocenters. The fourth-order valence-corrected chi connectivity index (χ4v) is 2.50. The van der Waals surface area contributed by atoms with Gasteiger partial charge < -0.3 is 5.32 Å². The summed E-state index contributed by atoms with van der Waals surface area (Å²) in [4.78, 5) is 0. The van der Waals surface area contributed by atoms with Crippen molar-refractivity contribution in [3.05, 3.63) is 69.7 Å². The summed E-state index contributed by atoms with van der Waals surface area (Å²) in [6, 6.07) is 9.62. The first-order valence-corrected chi connectivity index (χ1v) is 7.32. The van der Waals surface area contributed by atoms with Gasteiger partial charge in [-0.1, -0.05) is 36.7 Å². The van der Waals surface area contributed by atoms with E-state index in [0.29, 0.717) is 22.6 Å². The third-order valence-electron chi connectivity index (χ3n) is 3.47. The van der Waals surface area contributed by atoms with Gasteiger partial charge in [0.2, 0.25) is 0 Å². The maximum atomic E-state index is 13.9. The van der Waals surface area contributed by atoms with Crippen molar-refractivity contribution >= 4 is 11.6 Å². The summed E-state index contributed by atoms with van der Waals surface area (Å²) in [5, 5.41) is 3.70. The van der Waals surface area contributed by atoms with Crippen molar-refractivity contribution in [2.24, 2.45) is 0 Å². The highest BCUT2D eigenvalue weighted by atomic mass is 35.5. The van der Waals surface area contributed by atoms with Gasteiger partial charge in [-0.25, -0.2) is 8.78 Å². The van der Waals surface area contributed by atoms with Crippen LogP contribution in [0.4, 0.5) is 8.78 Å². The Morgan fingerprint density at radius 2 is 1.86 bits per heavy atom. The maximum absolute atomic E-state index is 13.9. The molecule has 1 N–H and O–H groups in total. The van der Waals surface area contributed by atoms with Gasteiger partial charge in [0.25, 0.3) is 0 Å². The molecule has 0 bridgehead atoms. The molecule has 0 radical (unpaired) electrons. The molecule has 2 aromatic rings. The molecule has 21 heavy (non-hydrogen) atoms. The van der Waals surface area contributed by atoms with E-state index in [9.17, 15) is 8.78 Å². The molecule has 0 heterocycles. The zero-order chi connectivity index (χ0) is 15.4. The Morgan fingerprint density at radius 1 is 1.10 bits per heavy atom. The quantitative estimate of drug-likeness (QED) is 0.835. The summed E-state index contributed by atoms with van der Waals surface area (Å²) in [6.07, 6.45) is 0.488. The minimum Gasteiger partial charge on any atom is -0.310 e. The monoisotopic (exact) mass is 309 g/mol. The van der Waals surface area contributed by atoms with Gasteiger partial charge in [-0.05, 0) is 54.8 Å². The molecule has 0 aliphatic heterocycles. The lowest BCUT2D eigenvalue weighted by molar-refractivity contribution is 0.526. The van der Waals surface area contributed by atoms with Crippen LogP contribution in [0.25, 0.3) is 0 Å². The summed E-state index contributed by atoms with van der Waals surface area (Å²) in [7, 11) is 0. The number of halogens is 3. The largest absolute Gasteiger partial charge is 0.310 e. The minimum absolute atomic E-state index is 0.0648. The van der Waals surface area contributed by atoms with Crippen molar-refractivity contribution in [3.8, 4) is 0 Å². The van der Waals surface area contributed by atoms with Crippen LogP contribution in [-0.2, 0) is 6.42 Å². The number of hydrogen-bond acceptors (Lipinski definition) is 1. The van der Waals surface area contributed by atoms with E-state index < -0.39 is 0 Å². The standard InChI is InChI=1S/C17H18ClF2N/c1-3-21-17(13-5-7-15(19)11(2)8-13)9-12-4-6-14(18)10-16(12)20/h4-8,10,17,21H,3,9H2,1-2H3. The van der Waals surface area contributed by atoms with Gasteiger partial charge >= 0.3 is 0 Å². The lowest BCUT2D eigenvalue weighted by atomic mass is 9.97. The maximum Gasteiger partial charge on any atom is 0.127 e. The van der Waals surface area contributed by atoms with Crippen LogP contribution in [0.3, 0.4) is 0 Å². The summed E-state index contributed by atoms with van der Waals surface area (Å²) in [5.74, 6) is -0.545. The molecule has 0 fully saturated rings. The molecule has 0 aliphatic rings. The van der Waals surface area contributed by atoms with Crippen LogP contribution in [0.15, 0.2) is 36.4 Å². The van der Waals surface area contributed by atoms with E-state index in [1.54, 1.807) is 31.2 Å². The second-order valence-electron chi connectivity index (χ2n) is 5.06. The van der Waals surface area contributed by atoms with Crippen LogP contribution < -0.4 is 5.32 Å². The van der Waals surface area contributed by atoms with Crippen molar-refractivity contribution in [2.75, 3.05) is 6.54 Å². The predicted molar refractivity (Wildman–Crippen MR) is 82.7 cm³/mol. The van der Waals surface area contributed by atoms with Crippen LogP contribution in [0.1, 0.15) is 29.7 Å². The van der Waals surface area contributed by atoms with Crippen LogP contribution in [0.5, 0.6) is 0 Å². The van der Waals surface area contributed by atoms with Crippen LogP contribution >= 0.6 is 11.6 Å². The summed E-state index contributed by atoms with van der Waals surface area (Å²) < 4.78 is 27.3. The summed E-state index contributed by atoms with van der Waals surface area (Å²) in [5.41, 5.74) is 2.13. The van der Waals surface area contributed by atoms with E-state index >= 15 is 0 Å². The Labute approximate surface area is 128 Å². The minimum atomic E-state index is -0.316. The van der Waals surface area contributed by atoms with Gasteiger partial charge in [0.05, 0.1) is 0 Å². The third-order valence-corrected chi connectivity index (χ3v) is 3.71. The van der Waals surface area contributed by atoms with E-state index in [2.05, 4.69) is 5.32 Å². The lowest BCUT2D eigenvalue weighted by Gasteiger charge is -2.19. The van der Waals surface area contributed by atoms with E-state index in [1.807, 2.05) is 6.92 Å². The van der Waals surface area contributed by atoms with Crippen molar-refractivity contribution in [1.82, 2.24) is 5.32 Å². The van der Waals surface area contributed by atoms with Gasteiger partial charge in [0.15, 0.2) is 0 Å². The molecule has 0 aromatic heterocycles. The number of hydrogen-bond donors (Lipinski definition) is 1. The van der Waals surface area contributed by atoms with E-state index in [4.69, 9.17) is 11.6 Å². The highest BCUT2D eigenvalue weighted by molar-refractivity contribution is 6.30. The number of rotatable bonds is 5. The molecule has 0 saturated carbocycles. The lowest BCUT2D eigenvalue weighted by Crippen LogP contribution is -2.23. The Hall–Kier alpha value is -1.45. The van der Waals surface area contributed by atoms with Gasteiger partial charge in [0, 0.05) is 11.1 Å². The third kappa shape index (κ3) is 4.02. The predicted octanol–water partition coefficient (Wildman–Crippen LogP) is 4.82. The highest BCUT2D eigenvalue weighted by Crippen LogP contribution is 2.23. The van der Waals surface area contributed by atoms with E-state index in [0.717, 1.165) is 12.1 Å². The molecule has 1 nitrogen and oxygen atoms in total.